The van der Waals surface area contributed by atoms with Crippen LogP contribution in [-0.4, -0.2) is 10.9 Å². The van der Waals surface area contributed by atoms with Gasteiger partial charge in [-0.25, -0.2) is 0 Å². The van der Waals surface area contributed by atoms with Crippen LogP contribution in [0.4, 0.5) is 0 Å². The molecule has 105 valence electrons. The van der Waals surface area contributed by atoms with Crippen LogP contribution in [0.3, 0.4) is 0 Å². The summed E-state index contributed by atoms with van der Waals surface area (Å²) in [5.41, 5.74) is 7.68. The van der Waals surface area contributed by atoms with Crippen LogP contribution in [0.25, 0.3) is 0 Å². The molecule has 0 aliphatic rings. The zero-order valence-electron chi connectivity index (χ0n) is 12.2. The fourth-order valence-electron chi connectivity index (χ4n) is 0.294. The van der Waals surface area contributed by atoms with Gasteiger partial charge in [0, 0.05) is 25.6 Å². The van der Waals surface area contributed by atoms with Crippen molar-refractivity contribution < 1.29 is 29.4 Å². The Hall–Kier alpha value is -1.13. The van der Waals surface area contributed by atoms with E-state index in [4.69, 9.17) is 5.11 Å². The zero-order chi connectivity index (χ0) is 14.4. The van der Waals surface area contributed by atoms with Gasteiger partial charge in [0.15, 0.2) is 5.78 Å². The van der Waals surface area contributed by atoms with E-state index < -0.39 is 0 Å². The van der Waals surface area contributed by atoms with Gasteiger partial charge in [-0.1, -0.05) is 13.2 Å². The van der Waals surface area contributed by atoms with Crippen LogP contribution in [0.15, 0.2) is 47.6 Å². The minimum atomic E-state index is -0.125. The van der Waals surface area contributed by atoms with Crippen LogP contribution < -0.4 is 0 Å². The molecule has 0 fully saturated rings. The Morgan fingerprint density at radius 3 is 1.17 bits per heavy atom. The summed E-state index contributed by atoms with van der Waals surface area (Å²) in [7, 11) is 0. The van der Waals surface area contributed by atoms with Crippen molar-refractivity contribution in [2.75, 3.05) is 0 Å². The van der Waals surface area contributed by atoms with Crippen molar-refractivity contribution >= 4 is 5.78 Å². The SMILES string of the molecule is C=C=C(C)C.C=C=C(C)C.CC(=O)/C=C(/C)O.[Rh]. The molecule has 0 aromatic heterocycles. The molecule has 0 atom stereocenters. The van der Waals surface area contributed by atoms with Crippen molar-refractivity contribution in [1.29, 1.82) is 0 Å². The fourth-order valence-corrected chi connectivity index (χ4v) is 0.294. The van der Waals surface area contributed by atoms with E-state index in [1.54, 1.807) is 0 Å². The molecule has 0 aliphatic carbocycles. The molecule has 1 N–H and O–H groups in total. The van der Waals surface area contributed by atoms with Crippen molar-refractivity contribution in [3.8, 4) is 0 Å². The van der Waals surface area contributed by atoms with Gasteiger partial charge in [-0.2, -0.15) is 0 Å². The molecular weight excluding hydrogens is 315 g/mol. The van der Waals surface area contributed by atoms with E-state index in [1.165, 1.54) is 19.9 Å². The second-order valence-corrected chi connectivity index (χ2v) is 3.75. The number of allylic oxidation sites excluding steroid dienone is 4. The maximum Gasteiger partial charge on any atom is 0.155 e. The van der Waals surface area contributed by atoms with Crippen molar-refractivity contribution in [3.05, 3.63) is 47.6 Å². The number of aliphatic hydroxyl groups is 1. The third kappa shape index (κ3) is 60.6. The van der Waals surface area contributed by atoms with E-state index >= 15 is 0 Å². The summed E-state index contributed by atoms with van der Waals surface area (Å²) in [5.74, 6) is -0.0625. The van der Waals surface area contributed by atoms with Crippen molar-refractivity contribution in [2.45, 2.75) is 41.5 Å². The Bertz CT molecular complexity index is 319. The average Bonchev–Trinajstić information content (AvgIpc) is 2.17. The van der Waals surface area contributed by atoms with Crippen LogP contribution in [0.5, 0.6) is 0 Å². The molecule has 2 nitrogen and oxygen atoms in total. The Kier molecular flexibility index (Phi) is 26.0. The third-order valence-electron chi connectivity index (χ3n) is 1.12. The molecule has 0 amide bonds. The second-order valence-electron chi connectivity index (χ2n) is 3.75. The molecule has 0 aliphatic heterocycles. The first-order valence-corrected chi connectivity index (χ1v) is 5.21. The van der Waals surface area contributed by atoms with Crippen LogP contribution in [-0.2, 0) is 24.3 Å². The Balaban J connectivity index is -0.0000000813. The first kappa shape index (κ1) is 25.7. The van der Waals surface area contributed by atoms with Gasteiger partial charge in [0.25, 0.3) is 0 Å². The van der Waals surface area contributed by atoms with Crippen molar-refractivity contribution in [2.24, 2.45) is 0 Å². The monoisotopic (exact) mass is 339 g/mol. The minimum Gasteiger partial charge on any atom is -0.512 e. The quantitative estimate of drug-likeness (QED) is 0.330. The largest absolute Gasteiger partial charge is 0.512 e. The standard InChI is InChI=1S/C5H8O2.2C5H8.Rh/c1-4(6)3-5(2)7;2*1-4-5(2)3;/h3,6H,1-2H3;2*1H2,2-3H3;/b4-3-;;;. The minimum absolute atomic E-state index is 0. The maximum absolute atomic E-state index is 10.0. The maximum atomic E-state index is 10.0. The zero-order valence-corrected chi connectivity index (χ0v) is 13.8. The second kappa shape index (κ2) is 18.2. The number of aliphatic hydroxyl groups excluding tert-OH is 1. The van der Waals surface area contributed by atoms with Crippen LogP contribution in [0, 0.1) is 0 Å². The molecule has 0 heterocycles. The number of ketones is 1. The smallest absolute Gasteiger partial charge is 0.155 e. The summed E-state index contributed by atoms with van der Waals surface area (Å²) in [6.45, 7) is 17.5. The first-order valence-electron chi connectivity index (χ1n) is 5.21. The van der Waals surface area contributed by atoms with Gasteiger partial charge < -0.3 is 5.11 Å². The molecule has 0 aromatic rings. The van der Waals surface area contributed by atoms with Gasteiger partial charge in [0.1, 0.15) is 0 Å². The van der Waals surface area contributed by atoms with Crippen molar-refractivity contribution in [3.63, 3.8) is 0 Å². The molecule has 18 heavy (non-hydrogen) atoms. The average molecular weight is 339 g/mol. The van der Waals surface area contributed by atoms with Crippen molar-refractivity contribution in [1.82, 2.24) is 0 Å². The van der Waals surface area contributed by atoms with Gasteiger partial charge in [0.05, 0.1) is 5.76 Å². The van der Waals surface area contributed by atoms with Gasteiger partial charge in [-0.3, -0.25) is 4.79 Å². The number of carbonyl (C=O) groups excluding carboxylic acids is 1. The van der Waals surface area contributed by atoms with E-state index in [-0.39, 0.29) is 31.0 Å². The van der Waals surface area contributed by atoms with Gasteiger partial charge in [-0.05, 0) is 52.7 Å². The van der Waals surface area contributed by atoms with Crippen LogP contribution in [0.2, 0.25) is 0 Å². The molecule has 0 saturated carbocycles. The summed E-state index contributed by atoms with van der Waals surface area (Å²) in [6, 6.07) is 0. The Morgan fingerprint density at radius 1 is 0.944 bits per heavy atom. The third-order valence-corrected chi connectivity index (χ3v) is 1.12. The number of carbonyl (C=O) groups is 1. The molecular formula is C15H24O2Rh. The summed E-state index contributed by atoms with van der Waals surface area (Å²) in [6.07, 6.45) is 1.17. The van der Waals surface area contributed by atoms with E-state index in [0.717, 1.165) is 11.1 Å². The molecule has 0 unspecified atom stereocenters. The summed E-state index contributed by atoms with van der Waals surface area (Å²) in [5, 5.41) is 8.36. The summed E-state index contributed by atoms with van der Waals surface area (Å²) >= 11 is 0. The van der Waals surface area contributed by atoms with E-state index in [9.17, 15) is 4.79 Å². The molecule has 0 bridgehead atoms. The predicted molar refractivity (Wildman–Crippen MR) is 75.1 cm³/mol. The molecule has 1 radical (unpaired) electrons. The fraction of sp³-hybridized carbons (Fsp3) is 0.400. The van der Waals surface area contributed by atoms with E-state index in [0.29, 0.717) is 0 Å². The van der Waals surface area contributed by atoms with Gasteiger partial charge in [0.2, 0.25) is 0 Å². The molecule has 0 rings (SSSR count). The Labute approximate surface area is 124 Å². The topological polar surface area (TPSA) is 37.3 Å². The molecule has 3 heteroatoms. The summed E-state index contributed by atoms with van der Waals surface area (Å²) < 4.78 is 0. The first-order chi connectivity index (χ1) is 7.67. The predicted octanol–water partition coefficient (Wildman–Crippen LogP) is 4.51. The normalized spacial score (nSPS) is 7.78. The van der Waals surface area contributed by atoms with Gasteiger partial charge in [-0.15, -0.1) is 11.5 Å². The Morgan fingerprint density at radius 2 is 1.17 bits per heavy atom. The van der Waals surface area contributed by atoms with E-state index in [2.05, 4.69) is 24.6 Å². The van der Waals surface area contributed by atoms with Crippen LogP contribution in [0.1, 0.15) is 41.5 Å². The molecule has 0 saturated heterocycles. The van der Waals surface area contributed by atoms with Crippen LogP contribution >= 0.6 is 0 Å². The molecule has 0 aromatic carbocycles. The summed E-state index contributed by atoms with van der Waals surface area (Å²) in [4.78, 5) is 10.0. The van der Waals surface area contributed by atoms with Gasteiger partial charge >= 0.3 is 0 Å². The number of hydrogen-bond acceptors (Lipinski definition) is 2. The number of rotatable bonds is 1. The number of hydrogen-bond donors (Lipinski definition) is 1. The van der Waals surface area contributed by atoms with E-state index in [1.807, 2.05) is 27.7 Å². The molecule has 0 spiro atoms.